The van der Waals surface area contributed by atoms with E-state index in [4.69, 9.17) is 4.74 Å². The van der Waals surface area contributed by atoms with Crippen molar-refractivity contribution in [3.63, 3.8) is 0 Å². The van der Waals surface area contributed by atoms with Crippen molar-refractivity contribution in [1.82, 2.24) is 5.32 Å². The highest BCUT2D eigenvalue weighted by Crippen LogP contribution is 2.17. The Morgan fingerprint density at radius 3 is 2.54 bits per heavy atom. The van der Waals surface area contributed by atoms with Gasteiger partial charge < -0.3 is 15.4 Å². The first-order chi connectivity index (χ1) is 11.5. The van der Waals surface area contributed by atoms with Crippen LogP contribution in [0.15, 0.2) is 42.5 Å². The van der Waals surface area contributed by atoms with E-state index in [2.05, 4.69) is 10.6 Å². The Morgan fingerprint density at radius 1 is 1.04 bits per heavy atom. The number of aryl methyl sites for hydroxylation is 2. The molecule has 5 heteroatoms. The molecular formula is C19H22N2O3. The second kappa shape index (κ2) is 8.15. The Hall–Kier alpha value is -2.82. The van der Waals surface area contributed by atoms with Gasteiger partial charge >= 0.3 is 0 Å². The average Bonchev–Trinajstić information content (AvgIpc) is 2.53. The summed E-state index contributed by atoms with van der Waals surface area (Å²) in [6, 6.07) is 12.8. The first-order valence-corrected chi connectivity index (χ1v) is 7.81. The molecule has 0 atom stereocenters. The fourth-order valence-electron chi connectivity index (χ4n) is 2.19. The van der Waals surface area contributed by atoms with Gasteiger partial charge in [0.1, 0.15) is 12.4 Å². The zero-order valence-corrected chi connectivity index (χ0v) is 14.2. The van der Waals surface area contributed by atoms with Crippen LogP contribution in [0.1, 0.15) is 28.4 Å². The van der Waals surface area contributed by atoms with Crippen LogP contribution in [-0.4, -0.2) is 25.0 Å². The second-order valence-corrected chi connectivity index (χ2v) is 5.61. The number of hydrogen-bond acceptors (Lipinski definition) is 3. The van der Waals surface area contributed by atoms with Crippen LogP contribution in [0.5, 0.6) is 5.75 Å². The molecule has 0 spiro atoms. The molecule has 126 valence electrons. The third-order valence-corrected chi connectivity index (χ3v) is 3.58. The summed E-state index contributed by atoms with van der Waals surface area (Å²) >= 11 is 0. The summed E-state index contributed by atoms with van der Waals surface area (Å²) < 4.78 is 5.59. The number of carbonyl (C=O) groups excluding carboxylic acids is 2. The van der Waals surface area contributed by atoms with E-state index in [-0.39, 0.29) is 11.8 Å². The maximum atomic E-state index is 12.1. The van der Waals surface area contributed by atoms with E-state index in [0.29, 0.717) is 30.2 Å². The van der Waals surface area contributed by atoms with Crippen LogP contribution in [0, 0.1) is 13.8 Å². The Morgan fingerprint density at radius 2 is 1.83 bits per heavy atom. The maximum Gasteiger partial charge on any atom is 0.251 e. The molecule has 0 aliphatic carbocycles. The fraction of sp³-hybridized carbons (Fsp3) is 0.263. The van der Waals surface area contributed by atoms with Crippen LogP contribution in [0.25, 0.3) is 0 Å². The Bertz CT molecular complexity index is 741. The minimum atomic E-state index is -0.132. The molecule has 0 bridgehead atoms. The van der Waals surface area contributed by atoms with E-state index in [0.717, 1.165) is 11.1 Å². The van der Waals surface area contributed by atoms with Crippen LogP contribution in [0.3, 0.4) is 0 Å². The fourth-order valence-corrected chi connectivity index (χ4v) is 2.19. The summed E-state index contributed by atoms with van der Waals surface area (Å²) in [7, 11) is 0. The van der Waals surface area contributed by atoms with Crippen molar-refractivity contribution < 1.29 is 14.3 Å². The average molecular weight is 326 g/mol. The summed E-state index contributed by atoms with van der Waals surface area (Å²) in [4.78, 5) is 23.1. The molecule has 0 aliphatic heterocycles. The number of amides is 2. The number of benzene rings is 2. The molecule has 0 saturated heterocycles. The monoisotopic (exact) mass is 326 g/mol. The lowest BCUT2D eigenvalue weighted by atomic mass is 10.1. The third-order valence-electron chi connectivity index (χ3n) is 3.58. The first kappa shape index (κ1) is 17.5. The molecule has 0 aliphatic rings. The number of hydrogen-bond donors (Lipinski definition) is 2. The molecule has 2 rings (SSSR count). The molecule has 0 saturated carbocycles. The lowest BCUT2D eigenvalue weighted by Crippen LogP contribution is -2.28. The Balaban J connectivity index is 1.81. The lowest BCUT2D eigenvalue weighted by Gasteiger charge is -2.10. The molecule has 2 amide bonds. The van der Waals surface area contributed by atoms with E-state index in [1.54, 1.807) is 24.3 Å². The molecular weight excluding hydrogens is 304 g/mol. The standard InChI is InChI=1S/C19H22N2O3/c1-13-7-8-16(11-14(13)2)19(23)20-9-10-24-18-6-4-5-17(12-18)21-15(3)22/h4-8,11-12H,9-10H2,1-3H3,(H,20,23)(H,21,22). The van der Waals surface area contributed by atoms with Gasteiger partial charge in [-0.1, -0.05) is 12.1 Å². The zero-order chi connectivity index (χ0) is 17.5. The number of ether oxygens (including phenoxy) is 1. The highest BCUT2D eigenvalue weighted by molar-refractivity contribution is 5.94. The number of anilines is 1. The molecule has 2 aromatic rings. The van der Waals surface area contributed by atoms with Crippen LogP contribution < -0.4 is 15.4 Å². The van der Waals surface area contributed by atoms with Gasteiger partial charge in [0.25, 0.3) is 5.91 Å². The molecule has 0 radical (unpaired) electrons. The molecule has 2 N–H and O–H groups in total. The Labute approximate surface area is 142 Å². The van der Waals surface area contributed by atoms with Crippen molar-refractivity contribution in [2.75, 3.05) is 18.5 Å². The topological polar surface area (TPSA) is 67.4 Å². The van der Waals surface area contributed by atoms with Crippen molar-refractivity contribution in [2.24, 2.45) is 0 Å². The van der Waals surface area contributed by atoms with E-state index in [9.17, 15) is 9.59 Å². The summed E-state index contributed by atoms with van der Waals surface area (Å²) in [6.45, 7) is 6.20. The third kappa shape index (κ3) is 5.12. The Kier molecular flexibility index (Phi) is 5.95. The number of carbonyl (C=O) groups is 2. The van der Waals surface area contributed by atoms with Gasteiger partial charge in [-0.3, -0.25) is 9.59 Å². The minimum Gasteiger partial charge on any atom is -0.492 e. The van der Waals surface area contributed by atoms with Crippen molar-refractivity contribution in [2.45, 2.75) is 20.8 Å². The maximum absolute atomic E-state index is 12.1. The van der Waals surface area contributed by atoms with Crippen LogP contribution >= 0.6 is 0 Å². The lowest BCUT2D eigenvalue weighted by molar-refractivity contribution is -0.114. The van der Waals surface area contributed by atoms with Crippen LogP contribution in [0.4, 0.5) is 5.69 Å². The SMILES string of the molecule is CC(=O)Nc1cccc(OCCNC(=O)c2ccc(C)c(C)c2)c1. The van der Waals surface area contributed by atoms with Gasteiger partial charge in [0, 0.05) is 24.2 Å². The van der Waals surface area contributed by atoms with E-state index in [1.807, 2.05) is 32.0 Å². The quantitative estimate of drug-likeness (QED) is 0.802. The van der Waals surface area contributed by atoms with Crippen molar-refractivity contribution in [3.05, 3.63) is 59.2 Å². The first-order valence-electron chi connectivity index (χ1n) is 7.81. The van der Waals surface area contributed by atoms with Crippen molar-refractivity contribution in [3.8, 4) is 5.75 Å². The van der Waals surface area contributed by atoms with E-state index >= 15 is 0 Å². The molecule has 5 nitrogen and oxygen atoms in total. The molecule has 0 heterocycles. The van der Waals surface area contributed by atoms with Crippen LogP contribution in [-0.2, 0) is 4.79 Å². The van der Waals surface area contributed by atoms with Gasteiger partial charge in [0.05, 0.1) is 6.54 Å². The van der Waals surface area contributed by atoms with Gasteiger partial charge in [-0.05, 0) is 49.2 Å². The second-order valence-electron chi connectivity index (χ2n) is 5.61. The normalized spacial score (nSPS) is 10.1. The predicted octanol–water partition coefficient (Wildman–Crippen LogP) is 3.07. The number of nitrogens with one attached hydrogen (secondary N) is 2. The predicted molar refractivity (Wildman–Crippen MR) is 94.5 cm³/mol. The van der Waals surface area contributed by atoms with E-state index < -0.39 is 0 Å². The van der Waals surface area contributed by atoms with Gasteiger partial charge in [-0.2, -0.15) is 0 Å². The smallest absolute Gasteiger partial charge is 0.251 e. The molecule has 2 aromatic carbocycles. The summed E-state index contributed by atoms with van der Waals surface area (Å²) in [6.07, 6.45) is 0. The number of rotatable bonds is 6. The summed E-state index contributed by atoms with van der Waals surface area (Å²) in [5.41, 5.74) is 3.58. The highest BCUT2D eigenvalue weighted by Gasteiger charge is 2.06. The largest absolute Gasteiger partial charge is 0.492 e. The van der Waals surface area contributed by atoms with Gasteiger partial charge in [-0.15, -0.1) is 0 Å². The molecule has 0 fully saturated rings. The highest BCUT2D eigenvalue weighted by atomic mass is 16.5. The molecule has 24 heavy (non-hydrogen) atoms. The summed E-state index contributed by atoms with van der Waals surface area (Å²) in [5.74, 6) is 0.392. The summed E-state index contributed by atoms with van der Waals surface area (Å²) in [5, 5.41) is 5.53. The zero-order valence-electron chi connectivity index (χ0n) is 14.2. The minimum absolute atomic E-state index is 0.117. The molecule has 0 aromatic heterocycles. The van der Waals surface area contributed by atoms with E-state index in [1.165, 1.54) is 6.92 Å². The van der Waals surface area contributed by atoms with Gasteiger partial charge in [0.2, 0.25) is 5.91 Å². The van der Waals surface area contributed by atoms with Crippen molar-refractivity contribution >= 4 is 17.5 Å². The van der Waals surface area contributed by atoms with Gasteiger partial charge in [0.15, 0.2) is 0 Å². The molecule has 0 unspecified atom stereocenters. The van der Waals surface area contributed by atoms with Crippen LogP contribution in [0.2, 0.25) is 0 Å². The van der Waals surface area contributed by atoms with Gasteiger partial charge in [-0.25, -0.2) is 0 Å². The van der Waals surface area contributed by atoms with Crippen molar-refractivity contribution in [1.29, 1.82) is 0 Å².